The van der Waals surface area contributed by atoms with Crippen molar-refractivity contribution >= 4 is 17.5 Å². The second-order valence-corrected chi connectivity index (χ2v) is 6.74. The zero-order valence-electron chi connectivity index (χ0n) is 15.9. The molecular weight excluding hydrogens is 361 g/mol. The van der Waals surface area contributed by atoms with Gasteiger partial charge in [-0.2, -0.15) is 0 Å². The standard InChI is InChI=1S/C21H24FN3O3/c1-28-19-7-5-16(6-8-19)13-21(27)25-11-9-24(10-12-25)15-20(26)23-18-4-2-3-17(22)14-18/h2-8,14H,9-13,15H2,1H3,(H,23,26). The van der Waals surface area contributed by atoms with Crippen LogP contribution >= 0.6 is 0 Å². The molecule has 0 aliphatic carbocycles. The molecule has 0 bridgehead atoms. The average molecular weight is 385 g/mol. The molecule has 28 heavy (non-hydrogen) atoms. The molecule has 1 N–H and O–H groups in total. The highest BCUT2D eigenvalue weighted by atomic mass is 19.1. The van der Waals surface area contributed by atoms with Crippen molar-refractivity contribution in [2.75, 3.05) is 45.2 Å². The van der Waals surface area contributed by atoms with Crippen LogP contribution in [0.25, 0.3) is 0 Å². The van der Waals surface area contributed by atoms with Gasteiger partial charge in [-0.3, -0.25) is 14.5 Å². The Morgan fingerprint density at radius 3 is 2.43 bits per heavy atom. The number of piperazine rings is 1. The minimum absolute atomic E-state index is 0.0778. The summed E-state index contributed by atoms with van der Waals surface area (Å²) in [7, 11) is 1.61. The van der Waals surface area contributed by atoms with Gasteiger partial charge in [-0.1, -0.05) is 18.2 Å². The summed E-state index contributed by atoms with van der Waals surface area (Å²) in [5, 5.41) is 2.69. The van der Waals surface area contributed by atoms with Crippen LogP contribution in [0.1, 0.15) is 5.56 Å². The lowest BCUT2D eigenvalue weighted by Crippen LogP contribution is -2.50. The van der Waals surface area contributed by atoms with Crippen LogP contribution in [0.15, 0.2) is 48.5 Å². The van der Waals surface area contributed by atoms with Crippen molar-refractivity contribution in [3.63, 3.8) is 0 Å². The number of carbonyl (C=O) groups is 2. The van der Waals surface area contributed by atoms with Crippen molar-refractivity contribution in [1.29, 1.82) is 0 Å². The monoisotopic (exact) mass is 385 g/mol. The number of amides is 2. The summed E-state index contributed by atoms with van der Waals surface area (Å²) >= 11 is 0. The molecule has 0 radical (unpaired) electrons. The third kappa shape index (κ3) is 5.53. The van der Waals surface area contributed by atoms with Crippen molar-refractivity contribution < 1.29 is 18.7 Å². The number of nitrogens with one attached hydrogen (secondary N) is 1. The zero-order chi connectivity index (χ0) is 19.9. The molecule has 0 saturated carbocycles. The second kappa shape index (κ2) is 9.32. The average Bonchev–Trinajstić information content (AvgIpc) is 2.69. The van der Waals surface area contributed by atoms with Gasteiger partial charge in [-0.15, -0.1) is 0 Å². The molecule has 1 fully saturated rings. The Morgan fingerprint density at radius 1 is 1.07 bits per heavy atom. The van der Waals surface area contributed by atoms with Crippen LogP contribution in [0.2, 0.25) is 0 Å². The highest BCUT2D eigenvalue weighted by molar-refractivity contribution is 5.92. The fourth-order valence-electron chi connectivity index (χ4n) is 3.16. The molecule has 148 valence electrons. The number of methoxy groups -OCH3 is 1. The van der Waals surface area contributed by atoms with E-state index < -0.39 is 0 Å². The van der Waals surface area contributed by atoms with E-state index >= 15 is 0 Å². The van der Waals surface area contributed by atoms with Gasteiger partial charge in [0.2, 0.25) is 11.8 Å². The molecule has 1 saturated heterocycles. The number of hydrogen-bond acceptors (Lipinski definition) is 4. The molecular formula is C21H24FN3O3. The van der Waals surface area contributed by atoms with E-state index in [4.69, 9.17) is 4.74 Å². The van der Waals surface area contributed by atoms with Crippen LogP contribution in [-0.4, -0.2) is 61.4 Å². The molecule has 0 aromatic heterocycles. The van der Waals surface area contributed by atoms with Crippen LogP contribution in [0.3, 0.4) is 0 Å². The predicted molar refractivity (Wildman–Crippen MR) is 105 cm³/mol. The maximum absolute atomic E-state index is 13.2. The van der Waals surface area contributed by atoms with Crippen LogP contribution in [0.5, 0.6) is 5.75 Å². The summed E-state index contributed by atoms with van der Waals surface area (Å²) in [4.78, 5) is 28.4. The SMILES string of the molecule is COc1ccc(CC(=O)N2CCN(CC(=O)Nc3cccc(F)c3)CC2)cc1. The Hall–Kier alpha value is -2.93. The van der Waals surface area contributed by atoms with E-state index in [1.807, 2.05) is 34.1 Å². The van der Waals surface area contributed by atoms with E-state index in [0.29, 0.717) is 38.3 Å². The van der Waals surface area contributed by atoms with Gasteiger partial charge in [0.05, 0.1) is 20.1 Å². The van der Waals surface area contributed by atoms with Gasteiger partial charge in [0.1, 0.15) is 11.6 Å². The number of ether oxygens (including phenoxy) is 1. The molecule has 1 aliphatic rings. The lowest BCUT2D eigenvalue weighted by Gasteiger charge is -2.34. The normalized spacial score (nSPS) is 14.6. The van der Waals surface area contributed by atoms with E-state index in [2.05, 4.69) is 5.32 Å². The molecule has 0 unspecified atom stereocenters. The Balaban J connectivity index is 1.43. The van der Waals surface area contributed by atoms with Crippen molar-refractivity contribution in [3.8, 4) is 5.75 Å². The van der Waals surface area contributed by atoms with Gasteiger partial charge >= 0.3 is 0 Å². The fourth-order valence-corrected chi connectivity index (χ4v) is 3.16. The zero-order valence-corrected chi connectivity index (χ0v) is 15.9. The smallest absolute Gasteiger partial charge is 0.238 e. The first kappa shape index (κ1) is 19.8. The summed E-state index contributed by atoms with van der Waals surface area (Å²) in [5.41, 5.74) is 1.39. The number of hydrogen-bond donors (Lipinski definition) is 1. The first-order valence-electron chi connectivity index (χ1n) is 9.22. The molecule has 0 atom stereocenters. The highest BCUT2D eigenvalue weighted by Crippen LogP contribution is 2.13. The van der Waals surface area contributed by atoms with Crippen LogP contribution in [-0.2, 0) is 16.0 Å². The summed E-state index contributed by atoms with van der Waals surface area (Å²) < 4.78 is 18.3. The van der Waals surface area contributed by atoms with Crippen molar-refractivity contribution in [2.45, 2.75) is 6.42 Å². The molecule has 0 spiro atoms. The van der Waals surface area contributed by atoms with Crippen molar-refractivity contribution in [3.05, 3.63) is 59.9 Å². The second-order valence-electron chi connectivity index (χ2n) is 6.74. The van der Waals surface area contributed by atoms with E-state index in [-0.39, 0.29) is 24.2 Å². The summed E-state index contributed by atoms with van der Waals surface area (Å²) in [6, 6.07) is 13.3. The minimum Gasteiger partial charge on any atom is -0.497 e. The van der Waals surface area contributed by atoms with Crippen molar-refractivity contribution in [1.82, 2.24) is 9.80 Å². The van der Waals surface area contributed by atoms with E-state index in [1.165, 1.54) is 12.1 Å². The van der Waals surface area contributed by atoms with E-state index in [1.54, 1.807) is 19.2 Å². The Bertz CT molecular complexity index is 818. The maximum atomic E-state index is 13.2. The van der Waals surface area contributed by atoms with Gasteiger partial charge in [-0.25, -0.2) is 4.39 Å². The lowest BCUT2D eigenvalue weighted by atomic mass is 10.1. The quantitative estimate of drug-likeness (QED) is 0.828. The lowest BCUT2D eigenvalue weighted by molar-refractivity contribution is -0.132. The molecule has 3 rings (SSSR count). The first-order chi connectivity index (χ1) is 13.5. The van der Waals surface area contributed by atoms with Crippen LogP contribution < -0.4 is 10.1 Å². The van der Waals surface area contributed by atoms with Crippen LogP contribution in [0, 0.1) is 5.82 Å². The van der Waals surface area contributed by atoms with Gasteiger partial charge in [0, 0.05) is 31.9 Å². The van der Waals surface area contributed by atoms with Gasteiger partial charge in [0.25, 0.3) is 0 Å². The van der Waals surface area contributed by atoms with Gasteiger partial charge in [-0.05, 0) is 35.9 Å². The molecule has 6 nitrogen and oxygen atoms in total. The predicted octanol–water partition coefficient (Wildman–Crippen LogP) is 2.16. The van der Waals surface area contributed by atoms with Gasteiger partial charge in [0.15, 0.2) is 0 Å². The molecule has 1 heterocycles. The van der Waals surface area contributed by atoms with E-state index in [9.17, 15) is 14.0 Å². The highest BCUT2D eigenvalue weighted by Gasteiger charge is 2.22. The number of carbonyl (C=O) groups excluding carboxylic acids is 2. The van der Waals surface area contributed by atoms with Crippen LogP contribution in [0.4, 0.5) is 10.1 Å². The number of nitrogens with zero attached hydrogens (tertiary/aromatic N) is 2. The first-order valence-corrected chi connectivity index (χ1v) is 9.22. The summed E-state index contributed by atoms with van der Waals surface area (Å²) in [5.74, 6) is 0.265. The molecule has 1 aliphatic heterocycles. The number of anilines is 1. The topological polar surface area (TPSA) is 61.9 Å². The molecule has 2 aromatic carbocycles. The third-order valence-electron chi connectivity index (χ3n) is 4.71. The number of halogens is 1. The van der Waals surface area contributed by atoms with E-state index in [0.717, 1.165) is 11.3 Å². The number of benzene rings is 2. The molecule has 7 heteroatoms. The maximum Gasteiger partial charge on any atom is 0.238 e. The summed E-state index contributed by atoms with van der Waals surface area (Å²) in [6.45, 7) is 2.65. The Labute approximate surface area is 163 Å². The molecule has 2 amide bonds. The molecule has 2 aromatic rings. The Kier molecular flexibility index (Phi) is 6.60. The fraction of sp³-hybridized carbons (Fsp3) is 0.333. The third-order valence-corrected chi connectivity index (χ3v) is 4.71. The van der Waals surface area contributed by atoms with Gasteiger partial charge < -0.3 is 15.0 Å². The minimum atomic E-state index is -0.387. The van der Waals surface area contributed by atoms with Crippen molar-refractivity contribution in [2.24, 2.45) is 0 Å². The number of rotatable bonds is 6. The Morgan fingerprint density at radius 2 is 1.79 bits per heavy atom. The summed E-state index contributed by atoms with van der Waals surface area (Å²) in [6.07, 6.45) is 0.351. The largest absolute Gasteiger partial charge is 0.497 e.